The van der Waals surface area contributed by atoms with Crippen molar-refractivity contribution in [3.63, 3.8) is 0 Å². The first-order chi connectivity index (χ1) is 14.6. The number of hydrogen-bond acceptors (Lipinski definition) is 7. The van der Waals surface area contributed by atoms with Crippen molar-refractivity contribution in [2.24, 2.45) is 0 Å². The Morgan fingerprint density at radius 2 is 1.80 bits per heavy atom. The van der Waals surface area contributed by atoms with Crippen molar-refractivity contribution in [3.8, 4) is 5.75 Å². The Kier molecular flexibility index (Phi) is 6.15. The highest BCUT2D eigenvalue weighted by Gasteiger charge is 2.22. The highest BCUT2D eigenvalue weighted by Crippen LogP contribution is 2.23. The minimum Gasteiger partial charge on any atom is -0.497 e. The molecule has 0 amide bonds. The van der Waals surface area contributed by atoms with E-state index in [4.69, 9.17) is 22.1 Å². The molecule has 0 unspecified atom stereocenters. The molecule has 0 aliphatic carbocycles. The third kappa shape index (κ3) is 4.90. The molecule has 1 fully saturated rings. The van der Waals surface area contributed by atoms with Gasteiger partial charge in [0.1, 0.15) is 12.3 Å². The van der Waals surface area contributed by atoms with Crippen molar-refractivity contribution >= 4 is 34.9 Å². The number of nitrogens with two attached hydrogens (primary N) is 1. The van der Waals surface area contributed by atoms with Gasteiger partial charge in [-0.15, -0.1) is 0 Å². The Morgan fingerprint density at radius 1 is 1.07 bits per heavy atom. The first-order valence-corrected chi connectivity index (χ1v) is 10.2. The lowest BCUT2D eigenvalue weighted by Crippen LogP contribution is -3.13. The molecule has 8 nitrogen and oxygen atoms in total. The van der Waals surface area contributed by atoms with Gasteiger partial charge in [-0.3, -0.25) is 0 Å². The molecule has 1 aliphatic heterocycles. The number of ether oxygens (including phenoxy) is 1. The highest BCUT2D eigenvalue weighted by atomic mass is 35.5. The molecule has 0 atom stereocenters. The predicted molar refractivity (Wildman–Crippen MR) is 119 cm³/mol. The molecule has 4 N–H and O–H groups in total. The second-order valence-corrected chi connectivity index (χ2v) is 7.56. The van der Waals surface area contributed by atoms with Crippen molar-refractivity contribution in [2.45, 2.75) is 6.54 Å². The van der Waals surface area contributed by atoms with Crippen molar-refractivity contribution < 1.29 is 9.64 Å². The van der Waals surface area contributed by atoms with Gasteiger partial charge in [-0.1, -0.05) is 23.7 Å². The van der Waals surface area contributed by atoms with Crippen molar-refractivity contribution in [1.29, 1.82) is 0 Å². The van der Waals surface area contributed by atoms with Crippen LogP contribution < -0.4 is 25.6 Å². The van der Waals surface area contributed by atoms with Gasteiger partial charge in [0.05, 0.1) is 44.0 Å². The SMILES string of the molecule is COc1ccc(N2CC[NH+](Cc3nc(N)nc(Nc4ccccc4Cl)n3)CC2)cc1. The van der Waals surface area contributed by atoms with Gasteiger partial charge in [-0.05, 0) is 36.4 Å². The molecule has 2 heterocycles. The van der Waals surface area contributed by atoms with E-state index in [1.165, 1.54) is 10.6 Å². The van der Waals surface area contributed by atoms with Gasteiger partial charge in [0.25, 0.3) is 0 Å². The number of benzene rings is 2. The number of aromatic nitrogens is 3. The van der Waals surface area contributed by atoms with Crippen molar-refractivity contribution in [1.82, 2.24) is 15.0 Å². The first kappa shape index (κ1) is 20.2. The van der Waals surface area contributed by atoms with Crippen LogP contribution in [0.25, 0.3) is 0 Å². The molecule has 2 aromatic carbocycles. The van der Waals surface area contributed by atoms with Crippen LogP contribution in [-0.2, 0) is 6.54 Å². The lowest BCUT2D eigenvalue weighted by molar-refractivity contribution is -0.915. The average molecular weight is 427 g/mol. The van der Waals surface area contributed by atoms with Crippen molar-refractivity contribution in [2.75, 3.05) is 49.2 Å². The fourth-order valence-electron chi connectivity index (χ4n) is 3.53. The fourth-order valence-corrected chi connectivity index (χ4v) is 3.71. The van der Waals surface area contributed by atoms with Gasteiger partial charge >= 0.3 is 0 Å². The molecule has 1 saturated heterocycles. The Balaban J connectivity index is 1.38. The monoisotopic (exact) mass is 426 g/mol. The number of methoxy groups -OCH3 is 1. The second-order valence-electron chi connectivity index (χ2n) is 7.15. The number of quaternary nitrogens is 1. The van der Waals surface area contributed by atoms with E-state index in [1.54, 1.807) is 7.11 Å². The van der Waals surface area contributed by atoms with Crippen molar-refractivity contribution in [3.05, 3.63) is 59.4 Å². The number of nitrogens with one attached hydrogen (secondary N) is 2. The van der Waals surface area contributed by atoms with Crippen LogP contribution in [0.15, 0.2) is 48.5 Å². The minimum absolute atomic E-state index is 0.200. The molecule has 0 spiro atoms. The van der Waals surface area contributed by atoms with Crippen LogP contribution in [-0.4, -0.2) is 48.2 Å². The summed E-state index contributed by atoms with van der Waals surface area (Å²) in [6.07, 6.45) is 0. The van der Waals surface area contributed by atoms with Gasteiger partial charge < -0.3 is 25.6 Å². The van der Waals surface area contributed by atoms with Crippen LogP contribution in [0, 0.1) is 0 Å². The number of para-hydroxylation sites is 1. The van der Waals surface area contributed by atoms with Gasteiger partial charge in [-0.2, -0.15) is 15.0 Å². The molecular weight excluding hydrogens is 402 g/mol. The van der Waals surface area contributed by atoms with Crippen LogP contribution in [0.4, 0.5) is 23.3 Å². The van der Waals surface area contributed by atoms with Gasteiger partial charge in [-0.25, -0.2) is 0 Å². The molecule has 1 aliphatic rings. The van der Waals surface area contributed by atoms with E-state index < -0.39 is 0 Å². The molecule has 0 saturated carbocycles. The maximum atomic E-state index is 6.21. The van der Waals surface area contributed by atoms with Crippen LogP contribution in [0.3, 0.4) is 0 Å². The zero-order chi connectivity index (χ0) is 20.9. The number of rotatable bonds is 6. The molecule has 1 aromatic heterocycles. The number of halogens is 1. The molecule has 0 radical (unpaired) electrons. The number of anilines is 4. The van der Waals surface area contributed by atoms with Crippen LogP contribution in [0.1, 0.15) is 5.82 Å². The van der Waals surface area contributed by atoms with E-state index in [9.17, 15) is 0 Å². The Labute approximate surface area is 180 Å². The minimum atomic E-state index is 0.200. The van der Waals surface area contributed by atoms with E-state index in [0.717, 1.165) is 37.6 Å². The zero-order valence-corrected chi connectivity index (χ0v) is 17.6. The van der Waals surface area contributed by atoms with E-state index in [0.29, 0.717) is 23.3 Å². The summed E-state index contributed by atoms with van der Waals surface area (Å²) in [4.78, 5) is 16.8. The van der Waals surface area contributed by atoms with E-state index in [1.807, 2.05) is 36.4 Å². The summed E-state index contributed by atoms with van der Waals surface area (Å²) >= 11 is 6.21. The summed E-state index contributed by atoms with van der Waals surface area (Å²) in [6.45, 7) is 4.61. The maximum absolute atomic E-state index is 6.21. The molecule has 156 valence electrons. The van der Waals surface area contributed by atoms with Gasteiger partial charge in [0.2, 0.25) is 11.9 Å². The average Bonchev–Trinajstić information content (AvgIpc) is 2.76. The zero-order valence-electron chi connectivity index (χ0n) is 16.8. The second kappa shape index (κ2) is 9.15. The fraction of sp³-hybridized carbons (Fsp3) is 0.286. The number of hydrogen-bond donors (Lipinski definition) is 3. The standard InChI is InChI=1S/C21H24ClN7O/c1-30-16-8-6-15(7-9-16)29-12-10-28(11-13-29)14-19-25-20(23)27-21(26-19)24-18-5-3-2-4-17(18)22/h2-9H,10-14H2,1H3,(H3,23,24,25,26,27)/p+1. The maximum Gasteiger partial charge on any atom is 0.232 e. The lowest BCUT2D eigenvalue weighted by Gasteiger charge is -2.33. The number of nitrogens with zero attached hydrogens (tertiary/aromatic N) is 4. The van der Waals surface area contributed by atoms with E-state index in [2.05, 4.69) is 37.3 Å². The van der Waals surface area contributed by atoms with Crippen LogP contribution in [0.5, 0.6) is 5.75 Å². The quantitative estimate of drug-likeness (QED) is 0.553. The third-order valence-corrected chi connectivity index (χ3v) is 5.47. The van der Waals surface area contributed by atoms with Crippen LogP contribution in [0.2, 0.25) is 5.02 Å². The molecule has 3 aromatic rings. The smallest absolute Gasteiger partial charge is 0.232 e. The molecular formula is C21H25ClN7O+. The summed E-state index contributed by atoms with van der Waals surface area (Å²) in [6, 6.07) is 15.6. The number of piperazine rings is 1. The Bertz CT molecular complexity index is 991. The molecule has 0 bridgehead atoms. The van der Waals surface area contributed by atoms with E-state index >= 15 is 0 Å². The summed E-state index contributed by atoms with van der Waals surface area (Å²) in [7, 11) is 1.68. The van der Waals surface area contributed by atoms with Gasteiger partial charge in [0, 0.05) is 5.69 Å². The summed E-state index contributed by atoms with van der Waals surface area (Å²) < 4.78 is 5.24. The van der Waals surface area contributed by atoms with Gasteiger partial charge in [0.15, 0.2) is 5.82 Å². The summed E-state index contributed by atoms with van der Waals surface area (Å²) in [5, 5.41) is 3.72. The lowest BCUT2D eigenvalue weighted by atomic mass is 10.2. The largest absolute Gasteiger partial charge is 0.497 e. The third-order valence-electron chi connectivity index (χ3n) is 5.14. The first-order valence-electron chi connectivity index (χ1n) is 9.85. The normalized spacial score (nSPS) is 14.5. The predicted octanol–water partition coefficient (Wildman–Crippen LogP) is 1.76. The topological polar surface area (TPSA) is 93.6 Å². The Hall–Kier alpha value is -3.10. The molecule has 4 rings (SSSR count). The molecule has 30 heavy (non-hydrogen) atoms. The Morgan fingerprint density at radius 3 is 2.50 bits per heavy atom. The molecule has 9 heteroatoms. The number of nitrogen functional groups attached to an aromatic ring is 1. The van der Waals surface area contributed by atoms with Crippen LogP contribution >= 0.6 is 11.6 Å². The summed E-state index contributed by atoms with van der Waals surface area (Å²) in [5.41, 5.74) is 7.86. The summed E-state index contributed by atoms with van der Waals surface area (Å²) in [5.74, 6) is 2.15. The van der Waals surface area contributed by atoms with E-state index in [-0.39, 0.29) is 5.95 Å². The highest BCUT2D eigenvalue weighted by molar-refractivity contribution is 6.33.